The summed E-state index contributed by atoms with van der Waals surface area (Å²) in [6.07, 6.45) is 9.01. The summed E-state index contributed by atoms with van der Waals surface area (Å²) in [7, 11) is 0. The van der Waals surface area contributed by atoms with Gasteiger partial charge in [0.15, 0.2) is 0 Å². The van der Waals surface area contributed by atoms with E-state index in [-0.39, 0.29) is 17.6 Å². The lowest BCUT2D eigenvalue weighted by atomic mass is 10.1. The highest BCUT2D eigenvalue weighted by atomic mass is 16.5. The molecule has 1 amide bonds. The SMILES string of the molecule is O=C(c1cn(C[C@@H]2CCCO2)cc2c(=O)n(-c3ccccc3)nc1-2)N1CCCCC1. The molecular formula is C23H26N4O3. The number of fused-ring (bicyclic) bond motifs is 1. The van der Waals surface area contributed by atoms with Crippen LogP contribution < -0.4 is 5.56 Å². The fraction of sp³-hybridized carbons (Fsp3) is 0.435. The fourth-order valence-electron chi connectivity index (χ4n) is 4.46. The molecule has 0 bridgehead atoms. The molecule has 0 aliphatic carbocycles. The lowest BCUT2D eigenvalue weighted by Crippen LogP contribution is -2.36. The maximum absolute atomic E-state index is 13.4. The number of ether oxygens (including phenoxy) is 1. The van der Waals surface area contributed by atoms with E-state index in [2.05, 4.69) is 5.10 Å². The van der Waals surface area contributed by atoms with Crippen LogP contribution in [-0.2, 0) is 11.3 Å². The molecule has 0 radical (unpaired) electrons. The number of aromatic nitrogens is 3. The molecule has 0 aromatic heterocycles. The van der Waals surface area contributed by atoms with Crippen molar-refractivity contribution in [2.24, 2.45) is 0 Å². The van der Waals surface area contributed by atoms with Gasteiger partial charge < -0.3 is 14.2 Å². The zero-order valence-electron chi connectivity index (χ0n) is 17.0. The predicted octanol–water partition coefficient (Wildman–Crippen LogP) is 2.94. The van der Waals surface area contributed by atoms with Crippen molar-refractivity contribution in [3.63, 3.8) is 0 Å². The third kappa shape index (κ3) is 3.54. The van der Waals surface area contributed by atoms with E-state index in [4.69, 9.17) is 4.74 Å². The summed E-state index contributed by atoms with van der Waals surface area (Å²) in [5.41, 5.74) is 1.94. The second-order valence-corrected chi connectivity index (χ2v) is 8.17. The number of likely N-dealkylation sites (tertiary alicyclic amines) is 1. The van der Waals surface area contributed by atoms with Gasteiger partial charge in [0.05, 0.1) is 22.9 Å². The van der Waals surface area contributed by atoms with Gasteiger partial charge in [-0.2, -0.15) is 9.78 Å². The van der Waals surface area contributed by atoms with E-state index in [0.29, 0.717) is 29.1 Å². The predicted molar refractivity (Wildman–Crippen MR) is 113 cm³/mol. The van der Waals surface area contributed by atoms with Crippen molar-refractivity contribution >= 4 is 5.91 Å². The van der Waals surface area contributed by atoms with E-state index in [1.165, 1.54) is 4.68 Å². The Hall–Kier alpha value is -2.93. The first-order valence-corrected chi connectivity index (χ1v) is 10.8. The van der Waals surface area contributed by atoms with E-state index >= 15 is 0 Å². The molecule has 4 aliphatic heterocycles. The molecular weight excluding hydrogens is 380 g/mol. The quantitative estimate of drug-likeness (QED) is 0.668. The van der Waals surface area contributed by atoms with Gasteiger partial charge in [-0.15, -0.1) is 0 Å². The van der Waals surface area contributed by atoms with E-state index in [1.54, 1.807) is 0 Å². The standard InChI is InChI=1S/C23H26N4O3/c28-22(26-11-5-2-6-12-26)19-15-25(14-18-10-7-13-30-18)16-20-21(19)24-27(23(20)29)17-8-3-1-4-9-17/h1,3-4,8-9,15-16,18H,2,5-7,10-14H2/t18-/m0/s1. The van der Waals surface area contributed by atoms with Crippen LogP contribution in [-0.4, -0.2) is 51.0 Å². The number of rotatable bonds is 4. The molecule has 2 fully saturated rings. The Bertz CT molecular complexity index is 1060. The van der Waals surface area contributed by atoms with E-state index in [9.17, 15) is 9.59 Å². The highest BCUT2D eigenvalue weighted by molar-refractivity contribution is 6.00. The van der Waals surface area contributed by atoms with Crippen molar-refractivity contribution in [3.05, 3.63) is 58.6 Å². The van der Waals surface area contributed by atoms with Crippen molar-refractivity contribution in [1.29, 1.82) is 0 Å². The molecule has 1 aromatic rings. The van der Waals surface area contributed by atoms with E-state index < -0.39 is 0 Å². The summed E-state index contributed by atoms with van der Waals surface area (Å²) in [6, 6.07) is 9.34. The van der Waals surface area contributed by atoms with Crippen LogP contribution in [0.1, 0.15) is 42.5 Å². The number of carbonyl (C=O) groups excluding carboxylic acids is 1. The van der Waals surface area contributed by atoms with E-state index in [0.717, 1.165) is 51.8 Å². The molecule has 5 rings (SSSR count). The van der Waals surface area contributed by atoms with Crippen LogP contribution in [0.4, 0.5) is 0 Å². The number of hydrogen-bond acceptors (Lipinski definition) is 4. The summed E-state index contributed by atoms with van der Waals surface area (Å²) in [5, 5.41) is 4.58. The maximum Gasteiger partial charge on any atom is 0.282 e. The Morgan fingerprint density at radius 2 is 1.87 bits per heavy atom. The average molecular weight is 406 g/mol. The lowest BCUT2D eigenvalue weighted by Gasteiger charge is -2.27. The molecule has 0 saturated carbocycles. The van der Waals surface area contributed by atoms with Crippen LogP contribution in [0.2, 0.25) is 0 Å². The number of piperidine rings is 1. The van der Waals surface area contributed by atoms with Crippen LogP contribution in [0.25, 0.3) is 16.9 Å². The molecule has 1 atom stereocenters. The van der Waals surface area contributed by atoms with Crippen molar-refractivity contribution in [2.45, 2.75) is 44.8 Å². The first-order valence-electron chi connectivity index (χ1n) is 10.8. The van der Waals surface area contributed by atoms with Crippen molar-refractivity contribution in [2.75, 3.05) is 19.7 Å². The number of carbonyl (C=O) groups is 1. The summed E-state index contributed by atoms with van der Waals surface area (Å²) in [4.78, 5) is 28.5. The van der Waals surface area contributed by atoms with Crippen LogP contribution >= 0.6 is 0 Å². The van der Waals surface area contributed by atoms with Gasteiger partial charge in [-0.05, 0) is 44.2 Å². The Balaban J connectivity index is 1.61. The van der Waals surface area contributed by atoms with Gasteiger partial charge in [-0.25, -0.2) is 0 Å². The molecule has 7 nitrogen and oxygen atoms in total. The van der Waals surface area contributed by atoms with Gasteiger partial charge in [0.25, 0.3) is 11.5 Å². The topological polar surface area (TPSA) is 69.4 Å². The molecule has 30 heavy (non-hydrogen) atoms. The molecule has 4 aliphatic rings. The molecule has 0 unspecified atom stereocenters. The van der Waals surface area contributed by atoms with Gasteiger partial charge >= 0.3 is 0 Å². The third-order valence-corrected chi connectivity index (χ3v) is 6.04. The molecule has 156 valence electrons. The smallest absolute Gasteiger partial charge is 0.282 e. The lowest BCUT2D eigenvalue weighted by molar-refractivity contribution is 0.0721. The largest absolute Gasteiger partial charge is 0.376 e. The molecule has 2 saturated heterocycles. The van der Waals surface area contributed by atoms with Crippen LogP contribution in [0.3, 0.4) is 0 Å². The summed E-state index contributed by atoms with van der Waals surface area (Å²) < 4.78 is 9.11. The Morgan fingerprint density at radius 1 is 1.07 bits per heavy atom. The summed E-state index contributed by atoms with van der Waals surface area (Å²) in [5.74, 6) is -0.0425. The Morgan fingerprint density at radius 3 is 2.60 bits per heavy atom. The molecule has 4 heterocycles. The number of benzene rings is 1. The monoisotopic (exact) mass is 406 g/mol. The van der Waals surface area contributed by atoms with Gasteiger partial charge in [0.1, 0.15) is 5.69 Å². The van der Waals surface area contributed by atoms with Gasteiger partial charge in [0, 0.05) is 38.6 Å². The molecule has 1 aromatic carbocycles. The number of amides is 1. The highest BCUT2D eigenvalue weighted by Crippen LogP contribution is 2.26. The number of hydrogen-bond donors (Lipinski definition) is 0. The van der Waals surface area contributed by atoms with Crippen molar-refractivity contribution < 1.29 is 9.53 Å². The first kappa shape index (κ1) is 19.1. The first-order chi connectivity index (χ1) is 14.7. The normalized spacial score (nSPS) is 19.5. The molecule has 0 N–H and O–H groups in total. The molecule has 0 spiro atoms. The highest BCUT2D eigenvalue weighted by Gasteiger charge is 2.28. The number of nitrogens with zero attached hydrogens (tertiary/aromatic N) is 4. The second-order valence-electron chi connectivity index (χ2n) is 8.17. The van der Waals surface area contributed by atoms with Crippen LogP contribution in [0.15, 0.2) is 47.5 Å². The zero-order valence-corrected chi connectivity index (χ0v) is 17.0. The maximum atomic E-state index is 13.4. The van der Waals surface area contributed by atoms with Crippen LogP contribution in [0.5, 0.6) is 0 Å². The zero-order chi connectivity index (χ0) is 20.5. The van der Waals surface area contributed by atoms with Gasteiger partial charge in [-0.3, -0.25) is 9.59 Å². The summed E-state index contributed by atoms with van der Waals surface area (Å²) >= 11 is 0. The van der Waals surface area contributed by atoms with Gasteiger partial charge in [0.2, 0.25) is 0 Å². The van der Waals surface area contributed by atoms with E-state index in [1.807, 2.05) is 52.2 Å². The fourth-order valence-corrected chi connectivity index (χ4v) is 4.46. The average Bonchev–Trinajstić information content (AvgIpc) is 3.42. The minimum Gasteiger partial charge on any atom is -0.376 e. The Kier molecular flexibility index (Phi) is 5.12. The van der Waals surface area contributed by atoms with Crippen molar-refractivity contribution in [3.8, 4) is 16.9 Å². The molecule has 7 heteroatoms. The number of para-hydroxylation sites is 1. The number of pyridine rings is 1. The minimum absolute atomic E-state index is 0.0425. The summed E-state index contributed by atoms with van der Waals surface area (Å²) in [6.45, 7) is 2.91. The third-order valence-electron chi connectivity index (χ3n) is 6.04. The Labute approximate surface area is 175 Å². The van der Waals surface area contributed by atoms with Gasteiger partial charge in [-0.1, -0.05) is 18.2 Å². The van der Waals surface area contributed by atoms with Crippen LogP contribution in [0, 0.1) is 0 Å². The second kappa shape index (κ2) is 8.07. The minimum atomic E-state index is -0.203. The van der Waals surface area contributed by atoms with Crippen molar-refractivity contribution in [1.82, 2.24) is 19.2 Å².